The molecule has 0 atom stereocenters. The molecule has 0 aliphatic heterocycles. The molecule has 1 heterocycles. The molecule has 4 nitrogen and oxygen atoms in total. The Kier molecular flexibility index (Phi) is 5.71. The third kappa shape index (κ3) is 3.36. The number of aryl methyl sites for hydroxylation is 1. The molecule has 160 valence electrons. The first-order chi connectivity index (χ1) is 14.3. The van der Waals surface area contributed by atoms with Gasteiger partial charge in [0.05, 0.1) is 11.3 Å². The van der Waals surface area contributed by atoms with E-state index in [-0.39, 0.29) is 11.2 Å². The van der Waals surface area contributed by atoms with Gasteiger partial charge in [-0.1, -0.05) is 49.7 Å². The highest BCUT2D eigenvalue weighted by molar-refractivity contribution is 9.10. The number of carbonyl (C=O) groups is 1. The molecule has 30 heavy (non-hydrogen) atoms. The molecule has 5 heteroatoms. The second kappa shape index (κ2) is 8.01. The van der Waals surface area contributed by atoms with Crippen molar-refractivity contribution in [2.75, 3.05) is 26.2 Å². The SMILES string of the molecule is CCN(CC)CCOC1=CC2=C(CC1)C(=O)c1c(n(C)c3cc(Br)ccc13)C2(C)C. The minimum Gasteiger partial charge on any atom is -0.497 e. The standard InChI is InChI=1S/C25H31BrN2O2/c1-6-28(7-2)12-13-30-17-9-11-18-20(15-17)25(3,4)24-22(23(18)29)19-10-8-16(26)14-21(19)27(24)5/h8,10,14-15H,6-7,9,11-13H2,1-5H3. The minimum absolute atomic E-state index is 0.186. The first-order valence-corrected chi connectivity index (χ1v) is 11.7. The van der Waals surface area contributed by atoms with Gasteiger partial charge in [0.1, 0.15) is 6.61 Å². The molecule has 0 amide bonds. The van der Waals surface area contributed by atoms with Gasteiger partial charge in [0.15, 0.2) is 5.78 Å². The van der Waals surface area contributed by atoms with Crippen molar-refractivity contribution < 1.29 is 9.53 Å². The lowest BCUT2D eigenvalue weighted by molar-refractivity contribution is 0.101. The van der Waals surface area contributed by atoms with E-state index in [2.05, 4.69) is 78.3 Å². The number of carbonyl (C=O) groups excluding carboxylic acids is 1. The van der Waals surface area contributed by atoms with Crippen LogP contribution in [0.4, 0.5) is 0 Å². The molecule has 0 radical (unpaired) electrons. The first kappa shape index (κ1) is 21.4. The summed E-state index contributed by atoms with van der Waals surface area (Å²) in [6.45, 7) is 12.5. The average Bonchev–Trinajstić information content (AvgIpc) is 3.03. The van der Waals surface area contributed by atoms with Gasteiger partial charge in [-0.15, -0.1) is 0 Å². The van der Waals surface area contributed by atoms with Gasteiger partial charge in [-0.2, -0.15) is 0 Å². The number of ketones is 1. The number of hydrogen-bond donors (Lipinski definition) is 0. The summed E-state index contributed by atoms with van der Waals surface area (Å²) in [5, 5.41) is 1.05. The number of fused-ring (bicyclic) bond motifs is 3. The van der Waals surface area contributed by atoms with Crippen LogP contribution in [-0.4, -0.2) is 41.5 Å². The summed E-state index contributed by atoms with van der Waals surface area (Å²) in [7, 11) is 2.07. The lowest BCUT2D eigenvalue weighted by atomic mass is 9.68. The molecule has 0 fully saturated rings. The number of nitrogens with zero attached hydrogens (tertiary/aromatic N) is 2. The normalized spacial score (nSPS) is 18.0. The van der Waals surface area contributed by atoms with Crippen LogP contribution in [0.5, 0.6) is 0 Å². The van der Waals surface area contributed by atoms with E-state index in [9.17, 15) is 4.79 Å². The molecule has 2 aliphatic rings. The van der Waals surface area contributed by atoms with Gasteiger partial charge >= 0.3 is 0 Å². The van der Waals surface area contributed by atoms with Gasteiger partial charge in [-0.3, -0.25) is 4.79 Å². The quantitative estimate of drug-likeness (QED) is 0.538. The molecular formula is C25H31BrN2O2. The number of allylic oxidation sites excluding steroid dienone is 4. The van der Waals surface area contributed by atoms with E-state index >= 15 is 0 Å². The highest BCUT2D eigenvalue weighted by Crippen LogP contribution is 2.48. The number of ether oxygens (including phenoxy) is 1. The molecule has 0 spiro atoms. The molecule has 2 aliphatic carbocycles. The lowest BCUT2D eigenvalue weighted by Gasteiger charge is -2.37. The van der Waals surface area contributed by atoms with E-state index in [1.807, 2.05) is 6.07 Å². The minimum atomic E-state index is -0.257. The number of benzene rings is 1. The number of aromatic nitrogens is 1. The molecule has 0 unspecified atom stereocenters. The van der Waals surface area contributed by atoms with Crippen LogP contribution >= 0.6 is 15.9 Å². The van der Waals surface area contributed by atoms with Crippen LogP contribution in [-0.2, 0) is 17.2 Å². The Morgan fingerprint density at radius 2 is 1.93 bits per heavy atom. The third-order valence-corrected chi connectivity index (χ3v) is 7.26. The smallest absolute Gasteiger partial charge is 0.191 e. The molecule has 0 saturated heterocycles. The van der Waals surface area contributed by atoms with Gasteiger partial charge in [-0.05, 0) is 43.3 Å². The van der Waals surface area contributed by atoms with Crippen LogP contribution in [0.25, 0.3) is 10.9 Å². The maximum atomic E-state index is 13.6. The summed E-state index contributed by atoms with van der Waals surface area (Å²) in [4.78, 5) is 15.9. The monoisotopic (exact) mass is 470 g/mol. The number of hydrogen-bond acceptors (Lipinski definition) is 3. The maximum absolute atomic E-state index is 13.6. The topological polar surface area (TPSA) is 34.5 Å². The van der Waals surface area contributed by atoms with Crippen molar-refractivity contribution in [1.82, 2.24) is 9.47 Å². The summed E-state index contributed by atoms with van der Waals surface area (Å²) in [6.07, 6.45) is 3.70. The molecule has 1 aromatic heterocycles. The number of rotatable bonds is 6. The number of likely N-dealkylation sites (N-methyl/N-ethyl adjacent to an activating group) is 1. The lowest BCUT2D eigenvalue weighted by Crippen LogP contribution is -2.33. The van der Waals surface area contributed by atoms with Crippen LogP contribution in [0.3, 0.4) is 0 Å². The van der Waals surface area contributed by atoms with Crippen molar-refractivity contribution in [1.29, 1.82) is 0 Å². The third-order valence-electron chi connectivity index (χ3n) is 6.77. The molecule has 0 N–H and O–H groups in total. The predicted octanol–water partition coefficient (Wildman–Crippen LogP) is 5.75. The highest BCUT2D eigenvalue weighted by Gasteiger charge is 2.43. The van der Waals surface area contributed by atoms with Crippen LogP contribution in [0.2, 0.25) is 0 Å². The van der Waals surface area contributed by atoms with E-state index < -0.39 is 0 Å². The second-order valence-corrected chi connectivity index (χ2v) is 9.69. The Labute approximate surface area is 187 Å². The Hall–Kier alpha value is -1.85. The fourth-order valence-corrected chi connectivity index (χ4v) is 5.45. The van der Waals surface area contributed by atoms with Crippen LogP contribution in [0.1, 0.15) is 56.6 Å². The van der Waals surface area contributed by atoms with E-state index in [1.54, 1.807) is 0 Å². The summed E-state index contributed by atoms with van der Waals surface area (Å²) in [5.41, 5.74) is 4.89. The summed E-state index contributed by atoms with van der Waals surface area (Å²) in [6, 6.07) is 6.20. The largest absolute Gasteiger partial charge is 0.497 e. The van der Waals surface area contributed by atoms with Crippen molar-refractivity contribution in [3.05, 3.63) is 56.9 Å². The van der Waals surface area contributed by atoms with Crippen LogP contribution in [0, 0.1) is 0 Å². The Morgan fingerprint density at radius 3 is 2.63 bits per heavy atom. The summed E-state index contributed by atoms with van der Waals surface area (Å²) >= 11 is 3.58. The summed E-state index contributed by atoms with van der Waals surface area (Å²) in [5.74, 6) is 1.19. The Morgan fingerprint density at radius 1 is 1.20 bits per heavy atom. The van der Waals surface area contributed by atoms with Crippen molar-refractivity contribution in [3.8, 4) is 0 Å². The van der Waals surface area contributed by atoms with E-state index in [4.69, 9.17) is 4.74 Å². The fraction of sp³-hybridized carbons (Fsp3) is 0.480. The molecule has 0 saturated carbocycles. The van der Waals surface area contributed by atoms with E-state index in [0.717, 1.165) is 76.0 Å². The molecule has 4 rings (SSSR count). The van der Waals surface area contributed by atoms with Gasteiger partial charge < -0.3 is 14.2 Å². The van der Waals surface area contributed by atoms with Crippen LogP contribution in [0.15, 0.2) is 45.7 Å². The average molecular weight is 471 g/mol. The predicted molar refractivity (Wildman–Crippen MR) is 126 cm³/mol. The van der Waals surface area contributed by atoms with E-state index in [0.29, 0.717) is 6.61 Å². The van der Waals surface area contributed by atoms with E-state index in [1.165, 1.54) is 0 Å². The van der Waals surface area contributed by atoms with Gasteiger partial charge in [0.25, 0.3) is 0 Å². The zero-order valence-electron chi connectivity index (χ0n) is 18.6. The summed E-state index contributed by atoms with van der Waals surface area (Å²) < 4.78 is 9.37. The van der Waals surface area contributed by atoms with Crippen molar-refractivity contribution >= 4 is 32.6 Å². The fourth-order valence-electron chi connectivity index (χ4n) is 5.11. The second-order valence-electron chi connectivity index (χ2n) is 8.78. The molecule has 2 aromatic rings. The van der Waals surface area contributed by atoms with Crippen LogP contribution < -0.4 is 0 Å². The van der Waals surface area contributed by atoms with Crippen molar-refractivity contribution in [2.45, 2.75) is 46.0 Å². The van der Waals surface area contributed by atoms with Gasteiger partial charge in [0.2, 0.25) is 0 Å². The molecule has 0 bridgehead atoms. The van der Waals surface area contributed by atoms with Crippen molar-refractivity contribution in [3.63, 3.8) is 0 Å². The Bertz CT molecular complexity index is 1070. The first-order valence-electron chi connectivity index (χ1n) is 10.9. The molecular weight excluding hydrogens is 440 g/mol. The molecule has 1 aromatic carbocycles. The maximum Gasteiger partial charge on any atom is 0.191 e. The van der Waals surface area contributed by atoms with Crippen molar-refractivity contribution in [2.24, 2.45) is 7.05 Å². The number of Topliss-reactive ketones (excluding diaryl/α,β-unsaturated/α-hetero) is 1. The Balaban J connectivity index is 1.71. The zero-order valence-corrected chi connectivity index (χ0v) is 20.2. The number of halogens is 1. The zero-order chi connectivity index (χ0) is 21.6. The highest BCUT2D eigenvalue weighted by atomic mass is 79.9. The van der Waals surface area contributed by atoms with Gasteiger partial charge in [0, 0.05) is 52.1 Å². The van der Waals surface area contributed by atoms with Gasteiger partial charge in [-0.25, -0.2) is 0 Å².